The van der Waals surface area contributed by atoms with Crippen LogP contribution in [0.1, 0.15) is 56.8 Å². The first-order valence-corrected chi connectivity index (χ1v) is 11.9. The Bertz CT molecular complexity index is 1270. The van der Waals surface area contributed by atoms with Gasteiger partial charge >= 0.3 is 6.09 Å². The van der Waals surface area contributed by atoms with Crippen molar-refractivity contribution in [3.63, 3.8) is 0 Å². The van der Waals surface area contributed by atoms with Gasteiger partial charge in [0, 0.05) is 25.7 Å². The van der Waals surface area contributed by atoms with Crippen LogP contribution in [-0.4, -0.2) is 62.4 Å². The van der Waals surface area contributed by atoms with Crippen molar-refractivity contribution in [3.8, 4) is 5.88 Å². The molecule has 1 fully saturated rings. The second kappa shape index (κ2) is 10.1. The number of pyridine rings is 1. The molecule has 1 aliphatic carbocycles. The van der Waals surface area contributed by atoms with E-state index in [4.69, 9.17) is 9.47 Å². The van der Waals surface area contributed by atoms with Gasteiger partial charge in [0.05, 0.1) is 25.0 Å². The van der Waals surface area contributed by atoms with Gasteiger partial charge in [-0.1, -0.05) is 6.42 Å². The molecule has 0 bridgehead atoms. The second-order valence-electron chi connectivity index (χ2n) is 9.90. The van der Waals surface area contributed by atoms with E-state index in [9.17, 15) is 14.7 Å². The Labute approximate surface area is 209 Å². The van der Waals surface area contributed by atoms with Crippen molar-refractivity contribution in [1.29, 1.82) is 0 Å². The van der Waals surface area contributed by atoms with Crippen LogP contribution in [0, 0.1) is 5.92 Å². The molecule has 11 nitrogen and oxygen atoms in total. The molecule has 0 radical (unpaired) electrons. The van der Waals surface area contributed by atoms with Crippen LogP contribution in [0.5, 0.6) is 5.88 Å². The highest BCUT2D eigenvalue weighted by Crippen LogP contribution is 2.32. The van der Waals surface area contributed by atoms with Crippen LogP contribution in [0.25, 0.3) is 5.65 Å². The van der Waals surface area contributed by atoms with E-state index in [0.29, 0.717) is 35.2 Å². The number of hydrogen-bond acceptors (Lipinski definition) is 9. The normalized spacial score (nSPS) is 17.7. The molecule has 3 aromatic rings. The number of anilines is 3. The molecule has 1 saturated carbocycles. The molecule has 0 spiro atoms. The Hall–Kier alpha value is -3.73. The van der Waals surface area contributed by atoms with Crippen molar-refractivity contribution in [2.75, 3.05) is 24.4 Å². The highest BCUT2D eigenvalue weighted by molar-refractivity contribution is 6.02. The van der Waals surface area contributed by atoms with Crippen LogP contribution in [-0.2, 0) is 4.74 Å². The first-order chi connectivity index (χ1) is 17.1. The van der Waals surface area contributed by atoms with Crippen molar-refractivity contribution in [1.82, 2.24) is 19.6 Å². The molecule has 11 heteroatoms. The third kappa shape index (κ3) is 5.40. The van der Waals surface area contributed by atoms with Gasteiger partial charge in [0.2, 0.25) is 5.88 Å². The smallest absolute Gasteiger partial charge is 0.415 e. The minimum atomic E-state index is -0.699. The largest absolute Gasteiger partial charge is 0.480 e. The summed E-state index contributed by atoms with van der Waals surface area (Å²) in [5, 5.41) is 17.7. The van der Waals surface area contributed by atoms with Gasteiger partial charge in [-0.05, 0) is 51.7 Å². The zero-order valence-electron chi connectivity index (χ0n) is 21.2. The third-order valence-corrected chi connectivity index (χ3v) is 6.06. The van der Waals surface area contributed by atoms with Gasteiger partial charge in [0.25, 0.3) is 0 Å². The van der Waals surface area contributed by atoms with Crippen molar-refractivity contribution in [2.45, 2.75) is 58.2 Å². The highest BCUT2D eigenvalue weighted by atomic mass is 16.6. The number of aromatic nitrogens is 4. The molecule has 2 atom stereocenters. The summed E-state index contributed by atoms with van der Waals surface area (Å²) < 4.78 is 12.3. The zero-order valence-corrected chi connectivity index (χ0v) is 21.2. The number of nitrogens with zero attached hydrogens (tertiary/aromatic N) is 5. The third-order valence-electron chi connectivity index (χ3n) is 6.06. The summed E-state index contributed by atoms with van der Waals surface area (Å²) in [4.78, 5) is 36.3. The van der Waals surface area contributed by atoms with Crippen LogP contribution >= 0.6 is 0 Å². The Morgan fingerprint density at radius 3 is 2.75 bits per heavy atom. The number of fused-ring (bicyclic) bond motifs is 1. The lowest BCUT2D eigenvalue weighted by molar-refractivity contribution is 0.0587. The lowest BCUT2D eigenvalue weighted by atomic mass is 9.96. The minimum absolute atomic E-state index is 0.0858. The summed E-state index contributed by atoms with van der Waals surface area (Å²) in [6.07, 6.45) is 4.61. The first kappa shape index (κ1) is 25.4. The number of rotatable bonds is 7. The Morgan fingerprint density at radius 1 is 1.31 bits per heavy atom. The van der Waals surface area contributed by atoms with Gasteiger partial charge in [-0.3, -0.25) is 9.69 Å². The van der Waals surface area contributed by atoms with Gasteiger partial charge < -0.3 is 19.9 Å². The molecular formula is C25H32N6O5. The van der Waals surface area contributed by atoms with Crippen LogP contribution in [0.2, 0.25) is 0 Å². The monoisotopic (exact) mass is 496 g/mol. The molecule has 0 saturated heterocycles. The number of hydrogen-bond donors (Lipinski definition) is 2. The predicted molar refractivity (Wildman–Crippen MR) is 134 cm³/mol. The van der Waals surface area contributed by atoms with E-state index >= 15 is 0 Å². The summed E-state index contributed by atoms with van der Waals surface area (Å²) in [6.45, 7) is 5.35. The average molecular weight is 497 g/mol. The molecule has 0 aromatic carbocycles. The fraction of sp³-hybridized carbons (Fsp3) is 0.480. The number of methoxy groups -OCH3 is 1. The van der Waals surface area contributed by atoms with Gasteiger partial charge in [-0.25, -0.2) is 14.8 Å². The number of aliphatic hydroxyl groups excluding tert-OH is 1. The summed E-state index contributed by atoms with van der Waals surface area (Å²) in [5.41, 5.74) is 0.458. The SMILES string of the molecule is COc1ncccc1Nc1cc(N(C)C(=O)OC(C)(C)C)n2ncc(C(=O)CC3CCC[C@H]3O)c2n1. The van der Waals surface area contributed by atoms with E-state index in [2.05, 4.69) is 20.4 Å². The number of amides is 1. The lowest BCUT2D eigenvalue weighted by Crippen LogP contribution is -2.35. The van der Waals surface area contributed by atoms with E-state index in [-0.39, 0.29) is 23.8 Å². The molecule has 0 aliphatic heterocycles. The molecule has 1 aliphatic rings. The molecular weight excluding hydrogens is 464 g/mol. The molecule has 2 N–H and O–H groups in total. The summed E-state index contributed by atoms with van der Waals surface area (Å²) in [6, 6.07) is 5.15. The molecule has 3 aromatic heterocycles. The fourth-order valence-electron chi connectivity index (χ4n) is 4.26. The van der Waals surface area contributed by atoms with Crippen molar-refractivity contribution in [2.24, 2.45) is 5.92 Å². The number of ether oxygens (including phenoxy) is 2. The van der Waals surface area contributed by atoms with E-state index in [0.717, 1.165) is 12.8 Å². The maximum Gasteiger partial charge on any atom is 0.415 e. The topological polar surface area (TPSA) is 131 Å². The summed E-state index contributed by atoms with van der Waals surface area (Å²) in [7, 11) is 3.08. The number of carbonyl (C=O) groups excluding carboxylic acids is 2. The van der Waals surface area contributed by atoms with Crippen LogP contribution in [0.3, 0.4) is 0 Å². The predicted octanol–water partition coefficient (Wildman–Crippen LogP) is 3.98. The molecule has 4 rings (SSSR count). The van der Waals surface area contributed by atoms with E-state index in [1.165, 1.54) is 22.7 Å². The highest BCUT2D eigenvalue weighted by Gasteiger charge is 2.30. The standard InChI is InChI=1S/C25H32N6O5/c1-25(2,3)36-24(34)30(4)21-13-20(28-17-9-7-11-26-23(17)35-5)29-22-16(14-27-31(21)22)19(33)12-15-8-6-10-18(15)32/h7,9,11,13-15,18,32H,6,8,10,12H2,1-5H3,(H,28,29)/t15?,18-/m1/s1. The van der Waals surface area contributed by atoms with Crippen LogP contribution < -0.4 is 15.0 Å². The minimum Gasteiger partial charge on any atom is -0.480 e. The first-order valence-electron chi connectivity index (χ1n) is 11.9. The Kier molecular flexibility index (Phi) is 7.11. The molecule has 1 unspecified atom stereocenters. The van der Waals surface area contributed by atoms with Crippen molar-refractivity contribution < 1.29 is 24.2 Å². The van der Waals surface area contributed by atoms with Gasteiger partial charge in [0.1, 0.15) is 22.9 Å². The zero-order chi connectivity index (χ0) is 26.0. The molecule has 1 amide bonds. The Balaban J connectivity index is 1.76. The number of aliphatic hydroxyl groups is 1. The average Bonchev–Trinajstić information content (AvgIpc) is 3.43. The van der Waals surface area contributed by atoms with Gasteiger partial charge in [-0.2, -0.15) is 9.61 Å². The van der Waals surface area contributed by atoms with E-state index in [1.807, 2.05) is 0 Å². The molecule has 36 heavy (non-hydrogen) atoms. The van der Waals surface area contributed by atoms with Gasteiger partial charge in [0.15, 0.2) is 11.4 Å². The quantitative estimate of drug-likeness (QED) is 0.466. The summed E-state index contributed by atoms with van der Waals surface area (Å²) in [5.74, 6) is 0.818. The fourth-order valence-corrected chi connectivity index (χ4v) is 4.26. The van der Waals surface area contributed by atoms with E-state index in [1.54, 1.807) is 52.2 Å². The lowest BCUT2D eigenvalue weighted by Gasteiger charge is -2.25. The Morgan fingerprint density at radius 2 is 2.08 bits per heavy atom. The number of carbonyl (C=O) groups is 2. The number of nitrogens with one attached hydrogen (secondary N) is 1. The van der Waals surface area contributed by atoms with Crippen molar-refractivity contribution in [3.05, 3.63) is 36.2 Å². The number of ketones is 1. The molecule has 192 valence electrons. The van der Waals surface area contributed by atoms with E-state index < -0.39 is 17.8 Å². The number of Topliss-reactive ketones (excluding diaryl/α,β-unsaturated/α-hetero) is 1. The van der Waals surface area contributed by atoms with Crippen LogP contribution in [0.4, 0.5) is 22.1 Å². The molecule has 3 heterocycles. The van der Waals surface area contributed by atoms with Crippen LogP contribution in [0.15, 0.2) is 30.6 Å². The van der Waals surface area contributed by atoms with Crippen molar-refractivity contribution >= 4 is 34.8 Å². The maximum absolute atomic E-state index is 13.2. The van der Waals surface area contributed by atoms with Gasteiger partial charge in [-0.15, -0.1) is 0 Å². The maximum atomic E-state index is 13.2. The summed E-state index contributed by atoms with van der Waals surface area (Å²) >= 11 is 0. The second-order valence-corrected chi connectivity index (χ2v) is 9.90.